The third-order valence-corrected chi connectivity index (χ3v) is 6.76. The number of phosphoric acid groups is 2. The van der Waals surface area contributed by atoms with Crippen LogP contribution in [0.1, 0.15) is 105 Å². The largest absolute Gasteiger partial charge is 0.469 e. The number of hydrogen-bond donors (Lipinski definition) is 4. The van der Waals surface area contributed by atoms with E-state index in [4.69, 9.17) is 9.05 Å². The molecule has 8 nitrogen and oxygen atoms in total. The first-order chi connectivity index (χ1) is 14.4. The van der Waals surface area contributed by atoms with Crippen LogP contribution in [0.25, 0.3) is 0 Å². The highest BCUT2D eigenvalue weighted by molar-refractivity contribution is 7.46. The zero-order chi connectivity index (χ0) is 24.0. The summed E-state index contributed by atoms with van der Waals surface area (Å²) in [7, 11) is -9.47. The molecule has 31 heavy (non-hydrogen) atoms. The lowest BCUT2D eigenvalue weighted by molar-refractivity contribution is 0.00649. The molecule has 0 saturated heterocycles. The van der Waals surface area contributed by atoms with Gasteiger partial charge in [0.1, 0.15) is 0 Å². The van der Waals surface area contributed by atoms with E-state index in [1.165, 1.54) is 0 Å². The van der Waals surface area contributed by atoms with Gasteiger partial charge in [-0.3, -0.25) is 9.05 Å². The molecular weight excluding hydrogens is 442 g/mol. The zero-order valence-corrected chi connectivity index (χ0v) is 21.7. The molecule has 0 heterocycles. The van der Waals surface area contributed by atoms with E-state index in [2.05, 4.69) is 27.7 Å². The maximum atomic E-state index is 11.5. The van der Waals surface area contributed by atoms with Gasteiger partial charge in [-0.05, 0) is 24.7 Å². The summed E-state index contributed by atoms with van der Waals surface area (Å²) in [6.45, 7) is 7.86. The molecule has 0 aromatic heterocycles. The van der Waals surface area contributed by atoms with E-state index in [0.29, 0.717) is 12.8 Å². The van der Waals surface area contributed by atoms with Gasteiger partial charge in [-0.1, -0.05) is 91.9 Å². The fourth-order valence-electron chi connectivity index (χ4n) is 4.63. The molecule has 1 unspecified atom stereocenters. The van der Waals surface area contributed by atoms with Crippen LogP contribution in [0, 0.1) is 17.3 Å². The van der Waals surface area contributed by atoms with Crippen molar-refractivity contribution >= 4 is 15.6 Å². The Labute approximate surface area is 189 Å². The van der Waals surface area contributed by atoms with Gasteiger partial charge in [0.15, 0.2) is 0 Å². The second-order valence-corrected chi connectivity index (χ2v) is 11.5. The van der Waals surface area contributed by atoms with Crippen LogP contribution in [0.5, 0.6) is 0 Å². The van der Waals surface area contributed by atoms with Crippen molar-refractivity contribution in [2.24, 2.45) is 17.3 Å². The maximum Gasteiger partial charge on any atom is 0.469 e. The van der Waals surface area contributed by atoms with E-state index in [-0.39, 0.29) is 25.0 Å². The van der Waals surface area contributed by atoms with Crippen LogP contribution in [-0.4, -0.2) is 32.8 Å². The summed E-state index contributed by atoms with van der Waals surface area (Å²) in [6.07, 6.45) is 11.1. The van der Waals surface area contributed by atoms with Gasteiger partial charge < -0.3 is 19.6 Å². The van der Waals surface area contributed by atoms with Crippen molar-refractivity contribution in [3.8, 4) is 0 Å². The second-order valence-electron chi connectivity index (χ2n) is 9.03. The summed E-state index contributed by atoms with van der Waals surface area (Å²) in [5.41, 5.74) is -0.872. The van der Waals surface area contributed by atoms with E-state index < -0.39 is 21.1 Å². The molecule has 0 aromatic carbocycles. The average molecular weight is 489 g/mol. The van der Waals surface area contributed by atoms with Gasteiger partial charge in [0, 0.05) is 5.41 Å². The molecule has 0 saturated carbocycles. The number of rotatable bonds is 20. The summed E-state index contributed by atoms with van der Waals surface area (Å²) >= 11 is 0. The first kappa shape index (κ1) is 31.2. The predicted molar refractivity (Wildman–Crippen MR) is 124 cm³/mol. The minimum absolute atomic E-state index is 0.272. The minimum Gasteiger partial charge on any atom is -0.303 e. The molecule has 0 aromatic rings. The molecule has 4 N–H and O–H groups in total. The monoisotopic (exact) mass is 488 g/mol. The van der Waals surface area contributed by atoms with Gasteiger partial charge in [0.25, 0.3) is 0 Å². The lowest BCUT2D eigenvalue weighted by Gasteiger charge is -2.39. The Morgan fingerprint density at radius 2 is 1.03 bits per heavy atom. The van der Waals surface area contributed by atoms with Gasteiger partial charge in [0.05, 0.1) is 13.2 Å². The van der Waals surface area contributed by atoms with Gasteiger partial charge >= 0.3 is 15.6 Å². The standard InChI is InChI=1S/C21H46O8P2/c1-5-9-10-14-20(13-8-4)16-21(17-28-30(22,23)24,18-29-31(25,26)27)15-19(11-6-2)12-7-3/h19-20H,5-18H2,1-4H3,(H2,22,23,24)(H2,25,26,27). The first-order valence-corrected chi connectivity index (χ1v) is 14.9. The smallest absolute Gasteiger partial charge is 0.303 e. The lowest BCUT2D eigenvalue weighted by Crippen LogP contribution is -2.36. The summed E-state index contributed by atoms with van der Waals surface area (Å²) in [5.74, 6) is 0.551. The first-order valence-electron chi connectivity index (χ1n) is 11.8. The molecule has 0 rings (SSSR count). The quantitative estimate of drug-likeness (QED) is 0.118. The topological polar surface area (TPSA) is 134 Å². The zero-order valence-electron chi connectivity index (χ0n) is 19.9. The summed E-state index contributed by atoms with van der Waals surface area (Å²) in [5, 5.41) is 0. The summed E-state index contributed by atoms with van der Waals surface area (Å²) in [4.78, 5) is 37.4. The van der Waals surface area contributed by atoms with Crippen LogP contribution >= 0.6 is 15.6 Å². The van der Waals surface area contributed by atoms with Crippen molar-refractivity contribution in [3.05, 3.63) is 0 Å². The molecule has 1 atom stereocenters. The van der Waals surface area contributed by atoms with Crippen LogP contribution in [0.3, 0.4) is 0 Å². The number of phosphoric ester groups is 2. The van der Waals surface area contributed by atoms with E-state index >= 15 is 0 Å². The Hall–Kier alpha value is 0.220. The molecule has 0 radical (unpaired) electrons. The normalized spacial score (nSPS) is 14.4. The Balaban J connectivity index is 5.92. The van der Waals surface area contributed by atoms with Gasteiger partial charge in [-0.2, -0.15) is 0 Å². The van der Waals surface area contributed by atoms with Crippen molar-refractivity contribution in [2.75, 3.05) is 13.2 Å². The second kappa shape index (κ2) is 16.0. The Morgan fingerprint density at radius 1 is 0.645 bits per heavy atom. The highest BCUT2D eigenvalue weighted by Gasteiger charge is 2.39. The van der Waals surface area contributed by atoms with Crippen molar-refractivity contribution in [1.29, 1.82) is 0 Å². The Morgan fingerprint density at radius 3 is 1.35 bits per heavy atom. The number of unbranched alkanes of at least 4 members (excludes halogenated alkanes) is 2. The minimum atomic E-state index is -4.74. The SMILES string of the molecule is CCCCCC(CCC)CC(COP(=O)(O)O)(COP(=O)(O)O)CC(CCC)CCC. The molecule has 0 amide bonds. The van der Waals surface area contributed by atoms with E-state index in [9.17, 15) is 28.7 Å². The van der Waals surface area contributed by atoms with Crippen molar-refractivity contribution < 1.29 is 37.8 Å². The average Bonchev–Trinajstić information content (AvgIpc) is 2.64. The third-order valence-electron chi connectivity index (χ3n) is 5.83. The predicted octanol–water partition coefficient (Wildman–Crippen LogP) is 6.18. The van der Waals surface area contributed by atoms with Crippen LogP contribution in [-0.2, 0) is 18.2 Å². The molecule has 0 aliphatic carbocycles. The molecule has 0 spiro atoms. The molecule has 188 valence electrons. The van der Waals surface area contributed by atoms with Crippen molar-refractivity contribution in [3.63, 3.8) is 0 Å². The van der Waals surface area contributed by atoms with E-state index in [1.54, 1.807) is 0 Å². The summed E-state index contributed by atoms with van der Waals surface area (Å²) in [6, 6.07) is 0. The van der Waals surface area contributed by atoms with Gasteiger partial charge in [-0.25, -0.2) is 9.13 Å². The summed E-state index contributed by atoms with van der Waals surface area (Å²) < 4.78 is 32.9. The fourth-order valence-corrected chi connectivity index (χ4v) is 5.52. The number of hydrogen-bond acceptors (Lipinski definition) is 4. The Bertz CT molecular complexity index is 513. The lowest BCUT2D eigenvalue weighted by atomic mass is 9.71. The molecule has 0 fully saturated rings. The van der Waals surface area contributed by atoms with Gasteiger partial charge in [0.2, 0.25) is 0 Å². The van der Waals surface area contributed by atoms with Crippen LogP contribution < -0.4 is 0 Å². The molecule has 0 aliphatic heterocycles. The molecule has 10 heteroatoms. The molecular formula is C21H46O8P2. The van der Waals surface area contributed by atoms with E-state index in [0.717, 1.165) is 64.2 Å². The third kappa shape index (κ3) is 16.5. The van der Waals surface area contributed by atoms with Gasteiger partial charge in [-0.15, -0.1) is 0 Å². The highest BCUT2D eigenvalue weighted by atomic mass is 31.2. The van der Waals surface area contributed by atoms with Crippen molar-refractivity contribution in [2.45, 2.75) is 105 Å². The molecule has 0 bridgehead atoms. The van der Waals surface area contributed by atoms with Crippen LogP contribution in [0.4, 0.5) is 0 Å². The highest BCUT2D eigenvalue weighted by Crippen LogP contribution is 2.47. The maximum absolute atomic E-state index is 11.5. The van der Waals surface area contributed by atoms with Crippen LogP contribution in [0.15, 0.2) is 0 Å². The Kier molecular flexibility index (Phi) is 16.1. The van der Waals surface area contributed by atoms with Crippen molar-refractivity contribution in [1.82, 2.24) is 0 Å². The fraction of sp³-hybridized carbons (Fsp3) is 1.00. The van der Waals surface area contributed by atoms with Crippen LogP contribution in [0.2, 0.25) is 0 Å². The van der Waals surface area contributed by atoms with E-state index in [1.807, 2.05) is 0 Å². The molecule has 0 aliphatic rings.